The number of rotatable bonds is 7. The maximum atomic E-state index is 14.8. The first-order valence-corrected chi connectivity index (χ1v) is 11.1. The summed E-state index contributed by atoms with van der Waals surface area (Å²) in [5.41, 5.74) is 2.88. The van der Waals surface area contributed by atoms with Crippen LogP contribution in [0.4, 0.5) is 8.78 Å². The van der Waals surface area contributed by atoms with Crippen LogP contribution in [0.1, 0.15) is 51.1 Å². The van der Waals surface area contributed by atoms with Crippen LogP contribution in [-0.2, 0) is 4.74 Å². The largest absolute Gasteiger partial charge is 0.378 e. The van der Waals surface area contributed by atoms with Crippen molar-refractivity contribution in [3.8, 4) is 0 Å². The van der Waals surface area contributed by atoms with Crippen LogP contribution < -0.4 is 0 Å². The number of ether oxygens (including phenoxy) is 1. The lowest BCUT2D eigenvalue weighted by molar-refractivity contribution is 0.0303. The van der Waals surface area contributed by atoms with E-state index in [1.807, 2.05) is 6.92 Å². The minimum absolute atomic E-state index is 0.0981. The molecule has 3 aromatic rings. The number of morpholine rings is 1. The maximum absolute atomic E-state index is 14.8. The Morgan fingerprint density at radius 3 is 2.44 bits per heavy atom. The molecule has 0 spiro atoms. The second-order valence-corrected chi connectivity index (χ2v) is 8.33. The van der Waals surface area contributed by atoms with Gasteiger partial charge in [-0.2, -0.15) is 4.91 Å². The Morgan fingerprint density at radius 1 is 1.06 bits per heavy atom. The van der Waals surface area contributed by atoms with Crippen molar-refractivity contribution in [3.63, 3.8) is 0 Å². The molecule has 1 saturated heterocycles. The zero-order chi connectivity index (χ0) is 24.1. The van der Waals surface area contributed by atoms with E-state index in [4.69, 9.17) is 4.74 Å². The molecule has 1 fully saturated rings. The Morgan fingerprint density at radius 2 is 1.79 bits per heavy atom. The van der Waals surface area contributed by atoms with Gasteiger partial charge >= 0.3 is 0 Å². The van der Waals surface area contributed by atoms with Gasteiger partial charge in [-0.3, -0.25) is 9.78 Å². The van der Waals surface area contributed by atoms with Gasteiger partial charge < -0.3 is 9.64 Å². The van der Waals surface area contributed by atoms with Crippen molar-refractivity contribution in [3.05, 3.63) is 105 Å². The van der Waals surface area contributed by atoms with E-state index in [0.29, 0.717) is 43.0 Å². The van der Waals surface area contributed by atoms with Gasteiger partial charge in [0.05, 0.1) is 13.2 Å². The van der Waals surface area contributed by atoms with E-state index in [9.17, 15) is 18.5 Å². The highest BCUT2D eigenvalue weighted by molar-refractivity contribution is 5.94. The summed E-state index contributed by atoms with van der Waals surface area (Å²) in [5, 5.41) is 3.30. The number of benzene rings is 2. The van der Waals surface area contributed by atoms with Crippen LogP contribution >= 0.6 is 0 Å². The molecule has 0 saturated carbocycles. The number of aryl methyl sites for hydroxylation is 1. The van der Waals surface area contributed by atoms with Gasteiger partial charge in [0.1, 0.15) is 17.7 Å². The Kier molecular flexibility index (Phi) is 7.37. The normalized spacial score (nSPS) is 15.6. The summed E-state index contributed by atoms with van der Waals surface area (Å²) in [6.45, 7) is 3.88. The van der Waals surface area contributed by atoms with E-state index in [0.717, 1.165) is 11.8 Å². The standard InChI is InChI=1S/C26H25F2N3O3/c1-17-14-20(8-9-29-17)25(30-33)16-23(22-7-6-21(27)15-24(22)28)18-2-4-19(5-3-18)26(32)31-10-12-34-13-11-31/h2-9,14-15,23,25H,10-13,16H2,1H3. The molecule has 2 atom stereocenters. The van der Waals surface area contributed by atoms with Crippen LogP contribution in [0, 0.1) is 23.5 Å². The fourth-order valence-corrected chi connectivity index (χ4v) is 4.27. The second kappa shape index (κ2) is 10.6. The van der Waals surface area contributed by atoms with Gasteiger partial charge in [0, 0.05) is 42.5 Å². The average molecular weight is 466 g/mol. The van der Waals surface area contributed by atoms with Crippen molar-refractivity contribution >= 4 is 5.91 Å². The monoisotopic (exact) mass is 465 g/mol. The summed E-state index contributed by atoms with van der Waals surface area (Å²) in [4.78, 5) is 30.5. The number of carbonyl (C=O) groups is 1. The van der Waals surface area contributed by atoms with Crippen molar-refractivity contribution in [1.82, 2.24) is 9.88 Å². The van der Waals surface area contributed by atoms with Crippen molar-refractivity contribution < 1.29 is 18.3 Å². The number of nitrogens with zero attached hydrogens (tertiary/aromatic N) is 3. The number of hydrogen-bond acceptors (Lipinski definition) is 5. The molecule has 34 heavy (non-hydrogen) atoms. The van der Waals surface area contributed by atoms with E-state index in [1.165, 1.54) is 12.1 Å². The first-order valence-electron chi connectivity index (χ1n) is 11.1. The molecule has 0 N–H and O–H groups in total. The second-order valence-electron chi connectivity index (χ2n) is 8.33. The topological polar surface area (TPSA) is 71.9 Å². The predicted molar refractivity (Wildman–Crippen MR) is 123 cm³/mol. The maximum Gasteiger partial charge on any atom is 0.254 e. The van der Waals surface area contributed by atoms with E-state index < -0.39 is 23.6 Å². The SMILES string of the molecule is Cc1cc(C(CC(c2ccc(C(=O)N3CCOCC3)cc2)c2ccc(F)cc2F)N=O)ccn1. The number of hydrogen-bond donors (Lipinski definition) is 0. The minimum atomic E-state index is -0.759. The molecule has 176 valence electrons. The zero-order valence-electron chi connectivity index (χ0n) is 18.8. The van der Waals surface area contributed by atoms with Gasteiger partial charge in [-0.1, -0.05) is 23.4 Å². The minimum Gasteiger partial charge on any atom is -0.378 e. The number of nitroso groups, excluding NO2 is 1. The first kappa shape index (κ1) is 23.6. The lowest BCUT2D eigenvalue weighted by Gasteiger charge is -2.27. The van der Waals surface area contributed by atoms with Crippen LogP contribution in [0.2, 0.25) is 0 Å². The molecule has 1 amide bonds. The van der Waals surface area contributed by atoms with Crippen molar-refractivity contribution in [2.45, 2.75) is 25.3 Å². The van der Waals surface area contributed by atoms with E-state index in [1.54, 1.807) is 47.5 Å². The van der Waals surface area contributed by atoms with Gasteiger partial charge in [0.2, 0.25) is 0 Å². The van der Waals surface area contributed by atoms with Crippen LogP contribution in [0.3, 0.4) is 0 Å². The van der Waals surface area contributed by atoms with Gasteiger partial charge in [-0.05, 0) is 60.4 Å². The molecule has 0 aliphatic carbocycles. The van der Waals surface area contributed by atoms with E-state index in [-0.39, 0.29) is 17.9 Å². The quantitative estimate of drug-likeness (QED) is 0.452. The lowest BCUT2D eigenvalue weighted by Crippen LogP contribution is -2.40. The summed E-state index contributed by atoms with van der Waals surface area (Å²) in [6.07, 6.45) is 1.77. The highest BCUT2D eigenvalue weighted by Crippen LogP contribution is 2.37. The summed E-state index contributed by atoms with van der Waals surface area (Å²) in [5.74, 6) is -2.06. The number of pyridine rings is 1. The third-order valence-corrected chi connectivity index (χ3v) is 6.09. The molecule has 2 heterocycles. The number of aromatic nitrogens is 1. The fraction of sp³-hybridized carbons (Fsp3) is 0.308. The summed E-state index contributed by atoms with van der Waals surface area (Å²) < 4.78 is 33.7. The highest BCUT2D eigenvalue weighted by Gasteiger charge is 2.26. The van der Waals surface area contributed by atoms with E-state index >= 15 is 0 Å². The van der Waals surface area contributed by atoms with Crippen LogP contribution in [-0.4, -0.2) is 42.1 Å². The Bertz CT molecular complexity index is 1160. The molecule has 0 radical (unpaired) electrons. The molecule has 2 aromatic carbocycles. The van der Waals surface area contributed by atoms with Gasteiger partial charge in [0.25, 0.3) is 5.91 Å². The van der Waals surface area contributed by atoms with E-state index in [2.05, 4.69) is 10.2 Å². The summed E-state index contributed by atoms with van der Waals surface area (Å²) in [6, 6.07) is 13.0. The number of amides is 1. The van der Waals surface area contributed by atoms with Crippen LogP contribution in [0.15, 0.2) is 66.0 Å². The number of carbonyl (C=O) groups excluding carboxylic acids is 1. The molecule has 1 aliphatic heterocycles. The Labute approximate surface area is 196 Å². The number of halogens is 2. The fourth-order valence-electron chi connectivity index (χ4n) is 4.27. The summed E-state index contributed by atoms with van der Waals surface area (Å²) >= 11 is 0. The molecule has 1 aliphatic rings. The molecule has 8 heteroatoms. The van der Waals surface area contributed by atoms with Gasteiger partial charge in [-0.25, -0.2) is 8.78 Å². The Balaban J connectivity index is 1.66. The molecular formula is C26H25F2N3O3. The van der Waals surface area contributed by atoms with Crippen molar-refractivity contribution in [2.75, 3.05) is 26.3 Å². The zero-order valence-corrected chi connectivity index (χ0v) is 18.8. The molecule has 4 rings (SSSR count). The van der Waals surface area contributed by atoms with Gasteiger partial charge in [0.15, 0.2) is 0 Å². The first-order chi connectivity index (χ1) is 16.5. The predicted octanol–water partition coefficient (Wildman–Crippen LogP) is 5.17. The Hall–Kier alpha value is -3.52. The lowest BCUT2D eigenvalue weighted by atomic mass is 9.84. The smallest absolute Gasteiger partial charge is 0.254 e. The summed E-state index contributed by atoms with van der Waals surface area (Å²) in [7, 11) is 0. The van der Waals surface area contributed by atoms with Crippen LogP contribution in [0.5, 0.6) is 0 Å². The highest BCUT2D eigenvalue weighted by atomic mass is 19.1. The van der Waals surface area contributed by atoms with Crippen molar-refractivity contribution in [1.29, 1.82) is 0 Å². The van der Waals surface area contributed by atoms with Crippen molar-refractivity contribution in [2.24, 2.45) is 5.18 Å². The third kappa shape index (κ3) is 5.34. The third-order valence-electron chi connectivity index (χ3n) is 6.09. The van der Waals surface area contributed by atoms with Gasteiger partial charge in [-0.15, -0.1) is 0 Å². The molecule has 6 nitrogen and oxygen atoms in total. The molecule has 2 unspecified atom stereocenters. The molecule has 1 aromatic heterocycles. The molecule has 0 bridgehead atoms. The molecular weight excluding hydrogens is 440 g/mol. The van der Waals surface area contributed by atoms with Crippen LogP contribution in [0.25, 0.3) is 0 Å². The average Bonchev–Trinajstić information content (AvgIpc) is 2.86.